The highest BCUT2D eigenvalue weighted by Crippen LogP contribution is 2.34. The normalized spacial score (nSPS) is 18.5. The van der Waals surface area contributed by atoms with Crippen molar-refractivity contribution in [2.24, 2.45) is 7.05 Å². The van der Waals surface area contributed by atoms with Gasteiger partial charge in [0, 0.05) is 42.7 Å². The average Bonchev–Trinajstić information content (AvgIpc) is 2.77. The average molecular weight is 328 g/mol. The summed E-state index contributed by atoms with van der Waals surface area (Å²) in [5, 5.41) is 7.33. The van der Waals surface area contributed by atoms with Crippen LogP contribution >= 0.6 is 0 Å². The fourth-order valence-corrected chi connectivity index (χ4v) is 3.55. The number of aryl methyl sites for hydroxylation is 3. The standard InChI is InChI=1S/C18H24N4O2/c1-12-17(13(2)20-19-12)15-7-5-4-6-9-22(15)18(24)14-8-10-21(3)16(23)11-14/h8,10-11,15H,4-7,9H2,1-3H3,(H,19,20)/t15-/m1/s1. The van der Waals surface area contributed by atoms with Gasteiger partial charge in [0.2, 0.25) is 0 Å². The summed E-state index contributed by atoms with van der Waals surface area (Å²) in [6.45, 7) is 4.69. The van der Waals surface area contributed by atoms with Crippen LogP contribution in [-0.4, -0.2) is 32.1 Å². The third kappa shape index (κ3) is 3.00. The maximum Gasteiger partial charge on any atom is 0.254 e. The number of pyridine rings is 1. The number of H-pyrrole nitrogens is 1. The highest BCUT2D eigenvalue weighted by molar-refractivity contribution is 5.94. The first-order chi connectivity index (χ1) is 11.5. The van der Waals surface area contributed by atoms with Crippen LogP contribution in [0, 0.1) is 13.8 Å². The molecule has 1 atom stereocenters. The molecule has 0 bridgehead atoms. The van der Waals surface area contributed by atoms with Crippen molar-refractivity contribution in [3.8, 4) is 0 Å². The first-order valence-corrected chi connectivity index (χ1v) is 8.48. The molecule has 1 saturated heterocycles. The minimum Gasteiger partial charge on any atom is -0.331 e. The molecule has 1 amide bonds. The molecule has 2 aromatic rings. The summed E-state index contributed by atoms with van der Waals surface area (Å²) in [6.07, 6.45) is 5.78. The van der Waals surface area contributed by atoms with Crippen molar-refractivity contribution >= 4 is 5.91 Å². The summed E-state index contributed by atoms with van der Waals surface area (Å²) < 4.78 is 1.47. The second-order valence-electron chi connectivity index (χ2n) is 6.58. The van der Waals surface area contributed by atoms with E-state index in [-0.39, 0.29) is 17.5 Å². The predicted octanol–water partition coefficient (Wildman–Crippen LogP) is 2.48. The molecule has 0 saturated carbocycles. The van der Waals surface area contributed by atoms with Crippen LogP contribution in [-0.2, 0) is 7.05 Å². The molecule has 128 valence electrons. The van der Waals surface area contributed by atoms with Gasteiger partial charge in [0.25, 0.3) is 11.5 Å². The lowest BCUT2D eigenvalue weighted by Crippen LogP contribution is -2.36. The molecular weight excluding hydrogens is 304 g/mol. The molecule has 3 heterocycles. The number of carbonyl (C=O) groups excluding carboxylic acids is 1. The van der Waals surface area contributed by atoms with Crippen LogP contribution in [0.25, 0.3) is 0 Å². The number of hydrogen-bond donors (Lipinski definition) is 1. The lowest BCUT2D eigenvalue weighted by molar-refractivity contribution is 0.0679. The third-order valence-corrected chi connectivity index (χ3v) is 4.88. The maximum absolute atomic E-state index is 13.1. The first-order valence-electron chi connectivity index (χ1n) is 8.48. The molecule has 0 aliphatic carbocycles. The topological polar surface area (TPSA) is 71.0 Å². The second-order valence-corrected chi connectivity index (χ2v) is 6.58. The minimum absolute atomic E-state index is 0.0165. The number of rotatable bonds is 2. The van der Waals surface area contributed by atoms with Crippen LogP contribution < -0.4 is 5.56 Å². The summed E-state index contributed by atoms with van der Waals surface area (Å²) in [6, 6.07) is 3.17. The molecule has 6 nitrogen and oxygen atoms in total. The van der Waals surface area contributed by atoms with Gasteiger partial charge in [-0.05, 0) is 32.8 Å². The Morgan fingerprint density at radius 1 is 1.29 bits per heavy atom. The molecule has 6 heteroatoms. The van der Waals surface area contributed by atoms with E-state index in [1.54, 1.807) is 19.3 Å². The number of likely N-dealkylation sites (tertiary alicyclic amines) is 1. The van der Waals surface area contributed by atoms with Gasteiger partial charge in [-0.2, -0.15) is 5.10 Å². The smallest absolute Gasteiger partial charge is 0.254 e. The van der Waals surface area contributed by atoms with Crippen molar-refractivity contribution in [3.63, 3.8) is 0 Å². The van der Waals surface area contributed by atoms with Crippen molar-refractivity contribution < 1.29 is 4.79 Å². The zero-order chi connectivity index (χ0) is 17.3. The van der Waals surface area contributed by atoms with Crippen LogP contribution in [0.4, 0.5) is 0 Å². The molecule has 1 fully saturated rings. The summed E-state index contributed by atoms with van der Waals surface area (Å²) in [7, 11) is 1.68. The van der Waals surface area contributed by atoms with E-state index < -0.39 is 0 Å². The number of carbonyl (C=O) groups is 1. The largest absolute Gasteiger partial charge is 0.331 e. The lowest BCUT2D eigenvalue weighted by Gasteiger charge is -2.30. The minimum atomic E-state index is -0.164. The van der Waals surface area contributed by atoms with E-state index in [4.69, 9.17) is 0 Å². The summed E-state index contributed by atoms with van der Waals surface area (Å²) in [5.41, 5.74) is 3.38. The van der Waals surface area contributed by atoms with Crippen molar-refractivity contribution in [2.45, 2.75) is 45.6 Å². The molecular formula is C18H24N4O2. The van der Waals surface area contributed by atoms with Crippen LogP contribution in [0.15, 0.2) is 23.1 Å². The maximum atomic E-state index is 13.1. The Balaban J connectivity index is 1.99. The molecule has 2 aromatic heterocycles. The SMILES string of the molecule is Cc1n[nH]c(C)c1[C@H]1CCCCCN1C(=O)c1ccn(C)c(=O)c1. The van der Waals surface area contributed by atoms with E-state index in [1.165, 1.54) is 10.6 Å². The Morgan fingerprint density at radius 2 is 2.08 bits per heavy atom. The number of amides is 1. The zero-order valence-electron chi connectivity index (χ0n) is 14.5. The molecule has 0 unspecified atom stereocenters. The summed E-state index contributed by atoms with van der Waals surface area (Å²) >= 11 is 0. The van der Waals surface area contributed by atoms with Gasteiger partial charge < -0.3 is 9.47 Å². The van der Waals surface area contributed by atoms with Crippen LogP contribution in [0.1, 0.15) is 59.0 Å². The molecule has 24 heavy (non-hydrogen) atoms. The molecule has 1 aliphatic heterocycles. The number of aromatic amines is 1. The van der Waals surface area contributed by atoms with Gasteiger partial charge >= 0.3 is 0 Å². The number of nitrogens with zero attached hydrogens (tertiary/aromatic N) is 3. The van der Waals surface area contributed by atoms with Gasteiger partial charge in [-0.1, -0.05) is 12.8 Å². The Labute approximate surface area is 141 Å². The van der Waals surface area contributed by atoms with E-state index in [0.29, 0.717) is 12.1 Å². The van der Waals surface area contributed by atoms with Crippen LogP contribution in [0.3, 0.4) is 0 Å². The second kappa shape index (κ2) is 6.63. The quantitative estimate of drug-likeness (QED) is 0.920. The van der Waals surface area contributed by atoms with Crippen LogP contribution in [0.2, 0.25) is 0 Å². The van der Waals surface area contributed by atoms with Crippen molar-refractivity contribution in [1.29, 1.82) is 0 Å². The van der Waals surface area contributed by atoms with Crippen LogP contribution in [0.5, 0.6) is 0 Å². The fraction of sp³-hybridized carbons (Fsp3) is 0.500. The fourth-order valence-electron chi connectivity index (χ4n) is 3.55. The first kappa shape index (κ1) is 16.5. The predicted molar refractivity (Wildman–Crippen MR) is 92.0 cm³/mol. The van der Waals surface area contributed by atoms with E-state index in [2.05, 4.69) is 10.2 Å². The zero-order valence-corrected chi connectivity index (χ0v) is 14.5. The van der Waals surface area contributed by atoms with Gasteiger partial charge in [-0.25, -0.2) is 0 Å². The molecule has 0 spiro atoms. The van der Waals surface area contributed by atoms with Gasteiger partial charge in [0.15, 0.2) is 0 Å². The Bertz CT molecular complexity index is 786. The monoisotopic (exact) mass is 328 g/mol. The molecule has 0 radical (unpaired) electrons. The third-order valence-electron chi connectivity index (χ3n) is 4.88. The highest BCUT2D eigenvalue weighted by atomic mass is 16.2. The summed E-state index contributed by atoms with van der Waals surface area (Å²) in [5.74, 6) is -0.0698. The summed E-state index contributed by atoms with van der Waals surface area (Å²) in [4.78, 5) is 26.9. The highest BCUT2D eigenvalue weighted by Gasteiger charge is 2.30. The van der Waals surface area contributed by atoms with Crippen molar-refractivity contribution in [2.75, 3.05) is 6.54 Å². The van der Waals surface area contributed by atoms with Gasteiger partial charge in [-0.3, -0.25) is 14.7 Å². The molecule has 1 N–H and O–H groups in total. The van der Waals surface area contributed by atoms with Crippen molar-refractivity contribution in [1.82, 2.24) is 19.7 Å². The molecule has 3 rings (SSSR count). The number of hydrogen-bond acceptors (Lipinski definition) is 3. The number of nitrogens with one attached hydrogen (secondary N) is 1. The lowest BCUT2D eigenvalue weighted by atomic mass is 9.98. The van der Waals surface area contributed by atoms with Gasteiger partial charge in [0.1, 0.15) is 0 Å². The number of aromatic nitrogens is 3. The van der Waals surface area contributed by atoms with Crippen molar-refractivity contribution in [3.05, 3.63) is 51.2 Å². The molecule has 1 aliphatic rings. The van der Waals surface area contributed by atoms with E-state index in [1.807, 2.05) is 18.7 Å². The van der Waals surface area contributed by atoms with E-state index in [0.717, 1.165) is 42.6 Å². The van der Waals surface area contributed by atoms with Gasteiger partial charge in [0.05, 0.1) is 11.7 Å². The Kier molecular flexibility index (Phi) is 4.55. The van der Waals surface area contributed by atoms with Gasteiger partial charge in [-0.15, -0.1) is 0 Å². The molecule has 0 aromatic carbocycles. The van der Waals surface area contributed by atoms with E-state index in [9.17, 15) is 9.59 Å². The Morgan fingerprint density at radius 3 is 2.75 bits per heavy atom. The van der Waals surface area contributed by atoms with E-state index >= 15 is 0 Å². The Hall–Kier alpha value is -2.37.